The quantitative estimate of drug-likeness (QED) is 0.163. The number of halogens is 4. The monoisotopic (exact) mass is 480 g/mol. The zero-order chi connectivity index (χ0) is 25.1. The Labute approximate surface area is 199 Å². The second-order valence-corrected chi connectivity index (χ2v) is 7.74. The molecule has 0 radical (unpaired) electrons. The molecule has 3 nitrogen and oxygen atoms in total. The fraction of sp³-hybridized carbons (Fsp3) is 0.107. The van der Waals surface area contributed by atoms with Gasteiger partial charge in [0.2, 0.25) is 11.6 Å². The van der Waals surface area contributed by atoms with Crippen LogP contribution in [0.5, 0.6) is 11.5 Å². The first kappa shape index (κ1) is 24.0. The molecule has 0 aliphatic carbocycles. The Bertz CT molecular complexity index is 1380. The number of benzene rings is 4. The predicted octanol–water partition coefficient (Wildman–Crippen LogP) is 7.50. The molecule has 7 heteroatoms. The van der Waals surface area contributed by atoms with Gasteiger partial charge in [-0.3, -0.25) is 0 Å². The Morgan fingerprint density at radius 1 is 0.657 bits per heavy atom. The van der Waals surface area contributed by atoms with Gasteiger partial charge in [-0.15, -0.1) is 0 Å². The molecular weight excluding hydrogens is 460 g/mol. The third-order valence-electron chi connectivity index (χ3n) is 5.39. The molecule has 4 aromatic rings. The van der Waals surface area contributed by atoms with E-state index in [2.05, 4.69) is 0 Å². The van der Waals surface area contributed by atoms with Crippen LogP contribution < -0.4 is 9.47 Å². The number of carbonyl (C=O) groups excluding carboxylic acids is 1. The van der Waals surface area contributed by atoms with E-state index in [1.54, 1.807) is 31.2 Å². The fourth-order valence-corrected chi connectivity index (χ4v) is 3.53. The highest BCUT2D eigenvalue weighted by molar-refractivity contribution is 5.91. The Balaban J connectivity index is 1.54. The molecule has 0 N–H and O–H groups in total. The average molecular weight is 480 g/mol. The van der Waals surface area contributed by atoms with Crippen LogP contribution in [0, 0.1) is 30.2 Å². The number of hydrogen-bond acceptors (Lipinski definition) is 3. The fourth-order valence-electron chi connectivity index (χ4n) is 3.53. The Kier molecular flexibility index (Phi) is 6.87. The second-order valence-electron chi connectivity index (χ2n) is 7.74. The van der Waals surface area contributed by atoms with Crippen LogP contribution in [-0.2, 0) is 0 Å². The van der Waals surface area contributed by atoms with E-state index in [1.165, 1.54) is 48.5 Å². The summed E-state index contributed by atoms with van der Waals surface area (Å²) >= 11 is 0. The first-order chi connectivity index (χ1) is 16.8. The molecule has 178 valence electrons. The number of ether oxygens (including phenoxy) is 2. The van der Waals surface area contributed by atoms with Gasteiger partial charge in [-0.05, 0) is 61.4 Å². The summed E-state index contributed by atoms with van der Waals surface area (Å²) in [6.07, 6.45) is 0. The maximum atomic E-state index is 14.6. The summed E-state index contributed by atoms with van der Waals surface area (Å²) in [5, 5.41) is 0. The van der Waals surface area contributed by atoms with Crippen molar-refractivity contribution in [3.05, 3.63) is 107 Å². The summed E-state index contributed by atoms with van der Waals surface area (Å²) in [4.78, 5) is 12.5. The molecular formula is C28H20F4O3. The summed E-state index contributed by atoms with van der Waals surface area (Å²) in [5.74, 6) is -6.32. The lowest BCUT2D eigenvalue weighted by Crippen LogP contribution is -2.10. The molecule has 0 saturated carbocycles. The molecule has 0 amide bonds. The van der Waals surface area contributed by atoms with Gasteiger partial charge in [0.1, 0.15) is 0 Å². The first-order valence-corrected chi connectivity index (χ1v) is 10.8. The Morgan fingerprint density at radius 2 is 1.14 bits per heavy atom. The molecule has 0 aliphatic rings. The number of hydrogen-bond donors (Lipinski definition) is 0. The van der Waals surface area contributed by atoms with Crippen LogP contribution in [0.3, 0.4) is 0 Å². The van der Waals surface area contributed by atoms with Crippen molar-refractivity contribution in [2.45, 2.75) is 13.8 Å². The highest BCUT2D eigenvalue weighted by Gasteiger charge is 2.20. The molecule has 0 saturated heterocycles. The third kappa shape index (κ3) is 4.89. The van der Waals surface area contributed by atoms with Crippen LogP contribution in [0.4, 0.5) is 17.6 Å². The average Bonchev–Trinajstić information content (AvgIpc) is 2.86. The van der Waals surface area contributed by atoms with Crippen molar-refractivity contribution < 1.29 is 31.8 Å². The molecule has 0 aromatic heterocycles. The maximum Gasteiger partial charge on any atom is 0.343 e. The Morgan fingerprint density at radius 3 is 1.69 bits per heavy atom. The summed E-state index contributed by atoms with van der Waals surface area (Å²) in [6.45, 7) is 3.72. The van der Waals surface area contributed by atoms with Gasteiger partial charge in [0.15, 0.2) is 23.1 Å². The molecule has 4 rings (SSSR count). The number of rotatable bonds is 6. The van der Waals surface area contributed by atoms with Crippen molar-refractivity contribution in [3.63, 3.8) is 0 Å². The highest BCUT2D eigenvalue weighted by Crippen LogP contribution is 2.32. The summed E-state index contributed by atoms with van der Waals surface area (Å²) in [7, 11) is 0. The van der Waals surface area contributed by atoms with E-state index in [9.17, 15) is 22.4 Å². The normalized spacial score (nSPS) is 10.8. The maximum absolute atomic E-state index is 14.6. The topological polar surface area (TPSA) is 35.5 Å². The molecule has 0 fully saturated rings. The van der Waals surface area contributed by atoms with Crippen molar-refractivity contribution in [3.8, 4) is 33.8 Å². The van der Waals surface area contributed by atoms with Crippen LogP contribution in [0.15, 0.2) is 72.8 Å². The van der Waals surface area contributed by atoms with Crippen LogP contribution in [-0.4, -0.2) is 12.6 Å². The molecule has 0 aliphatic heterocycles. The van der Waals surface area contributed by atoms with E-state index in [0.717, 1.165) is 5.56 Å². The largest absolute Gasteiger partial charge is 0.491 e. The lowest BCUT2D eigenvalue weighted by Gasteiger charge is -2.11. The lowest BCUT2D eigenvalue weighted by atomic mass is 10.0. The molecule has 4 aromatic carbocycles. The van der Waals surface area contributed by atoms with Crippen molar-refractivity contribution in [2.24, 2.45) is 0 Å². The van der Waals surface area contributed by atoms with Gasteiger partial charge >= 0.3 is 5.97 Å². The molecule has 0 spiro atoms. The molecule has 0 bridgehead atoms. The highest BCUT2D eigenvalue weighted by atomic mass is 19.2. The van der Waals surface area contributed by atoms with Crippen LogP contribution in [0.1, 0.15) is 22.8 Å². The van der Waals surface area contributed by atoms with Crippen LogP contribution in [0.25, 0.3) is 22.3 Å². The summed E-state index contributed by atoms with van der Waals surface area (Å²) in [5.41, 5.74) is 1.80. The zero-order valence-electron chi connectivity index (χ0n) is 18.9. The van der Waals surface area contributed by atoms with Crippen molar-refractivity contribution in [1.82, 2.24) is 0 Å². The van der Waals surface area contributed by atoms with E-state index >= 15 is 0 Å². The molecule has 35 heavy (non-hydrogen) atoms. The summed E-state index contributed by atoms with van der Waals surface area (Å²) in [6, 6.07) is 17.5. The number of aryl methyl sites for hydroxylation is 1. The first-order valence-electron chi connectivity index (χ1n) is 10.8. The van der Waals surface area contributed by atoms with Gasteiger partial charge in [0.05, 0.1) is 12.2 Å². The van der Waals surface area contributed by atoms with Crippen LogP contribution >= 0.6 is 0 Å². The molecule has 0 unspecified atom stereocenters. The minimum absolute atomic E-state index is 0.0167. The van der Waals surface area contributed by atoms with Crippen LogP contribution in [0.2, 0.25) is 0 Å². The zero-order valence-corrected chi connectivity index (χ0v) is 18.9. The second kappa shape index (κ2) is 10.0. The molecule has 0 atom stereocenters. The van der Waals surface area contributed by atoms with Gasteiger partial charge in [-0.25, -0.2) is 13.6 Å². The molecule has 0 heterocycles. The third-order valence-corrected chi connectivity index (χ3v) is 5.39. The SMILES string of the molecule is CCOc1ccc(-c2ccc(C(=O)Oc3ccc(-c4ccc(C)cc4)c(F)c3F)cc2)c(F)c1F. The van der Waals surface area contributed by atoms with E-state index in [0.29, 0.717) is 11.1 Å². The van der Waals surface area contributed by atoms with E-state index in [4.69, 9.17) is 9.47 Å². The van der Waals surface area contributed by atoms with Gasteiger partial charge in [-0.2, -0.15) is 8.78 Å². The van der Waals surface area contributed by atoms with Crippen molar-refractivity contribution in [1.29, 1.82) is 0 Å². The van der Waals surface area contributed by atoms with Gasteiger partial charge in [-0.1, -0.05) is 42.0 Å². The number of carbonyl (C=O) groups is 1. The minimum atomic E-state index is -1.29. The van der Waals surface area contributed by atoms with Gasteiger partial charge < -0.3 is 9.47 Å². The van der Waals surface area contributed by atoms with E-state index in [1.807, 2.05) is 6.92 Å². The van der Waals surface area contributed by atoms with E-state index < -0.39 is 35.0 Å². The summed E-state index contributed by atoms with van der Waals surface area (Å²) < 4.78 is 68.0. The minimum Gasteiger partial charge on any atom is -0.491 e. The van der Waals surface area contributed by atoms with Crippen molar-refractivity contribution in [2.75, 3.05) is 6.61 Å². The number of esters is 1. The standard InChI is InChI=1S/C28H20F4O3/c1-3-34-22-14-12-20(24(29)26(22)31)18-8-10-19(11-9-18)28(33)35-23-15-13-21(25(30)27(23)32)17-6-4-16(2)5-7-17/h4-15H,3H2,1-2H3. The Hall–Kier alpha value is -4.13. The smallest absolute Gasteiger partial charge is 0.343 e. The lowest BCUT2D eigenvalue weighted by molar-refractivity contribution is 0.0727. The van der Waals surface area contributed by atoms with Gasteiger partial charge in [0, 0.05) is 11.1 Å². The van der Waals surface area contributed by atoms with E-state index in [-0.39, 0.29) is 29.0 Å². The predicted molar refractivity (Wildman–Crippen MR) is 124 cm³/mol. The van der Waals surface area contributed by atoms with Gasteiger partial charge in [0.25, 0.3) is 0 Å². The van der Waals surface area contributed by atoms with Crippen molar-refractivity contribution >= 4 is 5.97 Å².